The highest BCUT2D eigenvalue weighted by Gasteiger charge is 2.25. The van der Waals surface area contributed by atoms with E-state index in [0.717, 1.165) is 11.1 Å². The van der Waals surface area contributed by atoms with Gasteiger partial charge >= 0.3 is 0 Å². The summed E-state index contributed by atoms with van der Waals surface area (Å²) in [6.07, 6.45) is 0.525. The van der Waals surface area contributed by atoms with Crippen molar-refractivity contribution in [1.82, 2.24) is 10.2 Å². The zero-order chi connectivity index (χ0) is 21.6. The molecule has 0 saturated carbocycles. The second-order valence-electron chi connectivity index (χ2n) is 6.68. The quantitative estimate of drug-likeness (QED) is 0.315. The third-order valence-electron chi connectivity index (χ3n) is 4.34. The minimum absolute atomic E-state index is 0.252. The van der Waals surface area contributed by atoms with Gasteiger partial charge in [0.25, 0.3) is 5.22 Å². The van der Waals surface area contributed by atoms with Crippen LogP contribution in [0, 0.1) is 0 Å². The van der Waals surface area contributed by atoms with Gasteiger partial charge < -0.3 is 9.73 Å². The van der Waals surface area contributed by atoms with Crippen LogP contribution < -0.4 is 5.32 Å². The van der Waals surface area contributed by atoms with Gasteiger partial charge in [-0.1, -0.05) is 83.9 Å². The summed E-state index contributed by atoms with van der Waals surface area (Å²) >= 11 is 13.3. The maximum absolute atomic E-state index is 13.1. The lowest BCUT2D eigenvalue weighted by Crippen LogP contribution is -2.19. The summed E-state index contributed by atoms with van der Waals surface area (Å²) in [6.45, 7) is 0. The molecule has 1 heterocycles. The summed E-state index contributed by atoms with van der Waals surface area (Å²) in [4.78, 5) is 13.1. The predicted octanol–water partition coefficient (Wildman–Crippen LogP) is 6.44. The van der Waals surface area contributed by atoms with E-state index in [2.05, 4.69) is 15.5 Å². The predicted molar refractivity (Wildman–Crippen MR) is 124 cm³/mol. The summed E-state index contributed by atoms with van der Waals surface area (Å²) in [5.41, 5.74) is 2.39. The number of carbonyl (C=O) groups excluding carboxylic acids is 1. The number of nitrogens with zero attached hydrogens (tertiary/aromatic N) is 2. The summed E-state index contributed by atoms with van der Waals surface area (Å²) in [7, 11) is 0. The van der Waals surface area contributed by atoms with E-state index in [4.69, 9.17) is 27.6 Å². The molecule has 4 rings (SSSR count). The molecule has 0 saturated heterocycles. The van der Waals surface area contributed by atoms with E-state index >= 15 is 0 Å². The van der Waals surface area contributed by atoms with Crippen molar-refractivity contribution in [2.24, 2.45) is 0 Å². The van der Waals surface area contributed by atoms with Crippen molar-refractivity contribution in [3.05, 3.63) is 106 Å². The monoisotopic (exact) mass is 469 g/mol. The van der Waals surface area contributed by atoms with E-state index in [9.17, 15) is 4.79 Å². The SMILES string of the molecule is O=C(Nc1cc(Cl)cc(Cl)c1)[C@@H](Sc1nnc(Cc2ccccc2)o1)c1ccccc1. The van der Waals surface area contributed by atoms with Crippen molar-refractivity contribution in [1.29, 1.82) is 0 Å². The van der Waals surface area contributed by atoms with Crippen molar-refractivity contribution in [3.63, 3.8) is 0 Å². The Balaban J connectivity index is 1.54. The molecular formula is C23H17Cl2N3O2S. The zero-order valence-corrected chi connectivity index (χ0v) is 18.5. The Morgan fingerprint density at radius 3 is 2.26 bits per heavy atom. The molecule has 0 aliphatic heterocycles. The smallest absolute Gasteiger partial charge is 0.277 e. The van der Waals surface area contributed by atoms with Crippen LogP contribution >= 0.6 is 35.0 Å². The van der Waals surface area contributed by atoms with Gasteiger partial charge in [-0.25, -0.2) is 0 Å². The maximum atomic E-state index is 13.1. The molecule has 4 aromatic rings. The van der Waals surface area contributed by atoms with Crippen LogP contribution in [0.2, 0.25) is 10.0 Å². The molecule has 3 aromatic carbocycles. The molecule has 0 aliphatic carbocycles. The van der Waals surface area contributed by atoms with Crippen molar-refractivity contribution in [2.75, 3.05) is 5.32 Å². The van der Waals surface area contributed by atoms with Gasteiger partial charge in [0.05, 0.1) is 6.42 Å². The first-order valence-corrected chi connectivity index (χ1v) is 11.1. The summed E-state index contributed by atoms with van der Waals surface area (Å²) in [6, 6.07) is 24.1. The fraction of sp³-hybridized carbons (Fsp3) is 0.0870. The Hall–Kier alpha value is -2.80. The number of hydrogen-bond donors (Lipinski definition) is 1. The maximum Gasteiger partial charge on any atom is 0.277 e. The van der Waals surface area contributed by atoms with Crippen LogP contribution in [0.5, 0.6) is 0 Å². The highest BCUT2D eigenvalue weighted by atomic mass is 35.5. The third kappa shape index (κ3) is 5.88. The Kier molecular flexibility index (Phi) is 6.92. The fourth-order valence-electron chi connectivity index (χ4n) is 2.96. The largest absolute Gasteiger partial charge is 0.416 e. The first kappa shape index (κ1) is 21.4. The van der Waals surface area contributed by atoms with Crippen molar-refractivity contribution in [3.8, 4) is 0 Å². The molecule has 0 bridgehead atoms. The first-order valence-electron chi connectivity index (χ1n) is 9.42. The van der Waals surface area contributed by atoms with Gasteiger partial charge in [0, 0.05) is 15.7 Å². The minimum Gasteiger partial charge on any atom is -0.416 e. The molecule has 0 radical (unpaired) electrons. The van der Waals surface area contributed by atoms with E-state index in [-0.39, 0.29) is 5.91 Å². The van der Waals surface area contributed by atoms with Gasteiger partial charge in [0.1, 0.15) is 5.25 Å². The lowest BCUT2D eigenvalue weighted by molar-refractivity contribution is -0.115. The van der Waals surface area contributed by atoms with Crippen LogP contribution in [0.1, 0.15) is 22.3 Å². The number of thioether (sulfide) groups is 1. The number of carbonyl (C=O) groups is 1. The topological polar surface area (TPSA) is 68.0 Å². The lowest BCUT2D eigenvalue weighted by Gasteiger charge is -2.15. The molecule has 8 heteroatoms. The Labute approximate surface area is 193 Å². The number of amides is 1. The number of halogens is 2. The van der Waals surface area contributed by atoms with E-state index in [0.29, 0.717) is 33.3 Å². The highest BCUT2D eigenvalue weighted by molar-refractivity contribution is 8.00. The Morgan fingerprint density at radius 2 is 1.58 bits per heavy atom. The number of anilines is 1. The molecule has 5 nitrogen and oxygen atoms in total. The first-order chi connectivity index (χ1) is 15.1. The normalized spacial score (nSPS) is 11.8. The number of benzene rings is 3. The molecule has 31 heavy (non-hydrogen) atoms. The van der Waals surface area contributed by atoms with E-state index < -0.39 is 5.25 Å². The molecule has 1 aromatic heterocycles. The number of rotatable bonds is 7. The third-order valence-corrected chi connectivity index (χ3v) is 5.86. The minimum atomic E-state index is -0.607. The number of aromatic nitrogens is 2. The fourth-order valence-corrected chi connectivity index (χ4v) is 4.38. The molecule has 0 aliphatic rings. The number of nitrogens with one attached hydrogen (secondary N) is 1. The molecule has 0 spiro atoms. The van der Waals surface area contributed by atoms with Crippen LogP contribution in [0.4, 0.5) is 5.69 Å². The van der Waals surface area contributed by atoms with Gasteiger partial charge in [-0.2, -0.15) is 0 Å². The number of hydrogen-bond acceptors (Lipinski definition) is 5. The van der Waals surface area contributed by atoms with Crippen LogP contribution in [-0.2, 0) is 11.2 Å². The van der Waals surface area contributed by atoms with Gasteiger partial charge in [-0.05, 0) is 41.1 Å². The second kappa shape index (κ2) is 10.0. The molecule has 1 N–H and O–H groups in total. The Bertz CT molecular complexity index is 1150. The zero-order valence-electron chi connectivity index (χ0n) is 16.2. The molecule has 1 amide bonds. The molecule has 0 unspecified atom stereocenters. The van der Waals surface area contributed by atoms with Crippen LogP contribution in [-0.4, -0.2) is 16.1 Å². The Morgan fingerprint density at radius 1 is 0.935 bits per heavy atom. The van der Waals surface area contributed by atoms with Crippen molar-refractivity contribution >= 4 is 46.6 Å². The van der Waals surface area contributed by atoms with E-state index in [1.54, 1.807) is 18.2 Å². The lowest BCUT2D eigenvalue weighted by atomic mass is 10.1. The summed E-state index contributed by atoms with van der Waals surface area (Å²) < 4.78 is 5.80. The average Bonchev–Trinajstić information content (AvgIpc) is 3.19. The molecule has 0 fully saturated rings. The van der Waals surface area contributed by atoms with E-state index in [1.807, 2.05) is 60.7 Å². The van der Waals surface area contributed by atoms with Gasteiger partial charge in [-0.3, -0.25) is 4.79 Å². The van der Waals surface area contributed by atoms with Gasteiger partial charge in [-0.15, -0.1) is 10.2 Å². The van der Waals surface area contributed by atoms with Gasteiger partial charge in [0.2, 0.25) is 11.8 Å². The molecule has 156 valence electrons. The second-order valence-corrected chi connectivity index (χ2v) is 8.61. The van der Waals surface area contributed by atoms with Crippen molar-refractivity contribution in [2.45, 2.75) is 16.9 Å². The van der Waals surface area contributed by atoms with Crippen molar-refractivity contribution < 1.29 is 9.21 Å². The molecule has 1 atom stereocenters. The van der Waals surface area contributed by atoms with E-state index in [1.165, 1.54) is 11.8 Å². The van der Waals surface area contributed by atoms with Crippen LogP contribution in [0.25, 0.3) is 0 Å². The highest BCUT2D eigenvalue weighted by Crippen LogP contribution is 2.36. The summed E-state index contributed by atoms with van der Waals surface area (Å²) in [5, 5.41) is 11.7. The summed E-state index contributed by atoms with van der Waals surface area (Å²) in [5.74, 6) is 0.236. The molecular weight excluding hydrogens is 453 g/mol. The van der Waals surface area contributed by atoms with Gasteiger partial charge in [0.15, 0.2) is 0 Å². The van der Waals surface area contributed by atoms with Crippen LogP contribution in [0.15, 0.2) is 88.5 Å². The standard InChI is InChI=1S/C23H17Cl2N3O2S/c24-17-12-18(25)14-19(13-17)26-22(29)21(16-9-5-2-6-10-16)31-23-28-27-20(30-23)11-15-7-3-1-4-8-15/h1-10,12-14,21H,11H2,(H,26,29)/t21-/m0/s1. The average molecular weight is 470 g/mol. The van der Waals surface area contributed by atoms with Crippen LogP contribution in [0.3, 0.4) is 0 Å².